The summed E-state index contributed by atoms with van der Waals surface area (Å²) in [5, 5.41) is 13.9. The summed E-state index contributed by atoms with van der Waals surface area (Å²) in [7, 11) is 1.33. The number of amides is 2. The summed E-state index contributed by atoms with van der Waals surface area (Å²) >= 11 is 0. The van der Waals surface area contributed by atoms with Crippen LogP contribution in [0.5, 0.6) is 5.75 Å². The van der Waals surface area contributed by atoms with Crippen molar-refractivity contribution in [2.45, 2.75) is 19.4 Å². The van der Waals surface area contributed by atoms with Crippen LogP contribution in [0.1, 0.15) is 24.2 Å². The number of benzene rings is 1. The molecule has 1 atom stereocenters. The Morgan fingerprint density at radius 3 is 2.33 bits per heavy atom. The van der Waals surface area contributed by atoms with Crippen LogP contribution in [0.4, 0.5) is 0 Å². The van der Waals surface area contributed by atoms with Crippen molar-refractivity contribution in [3.05, 3.63) is 29.8 Å². The van der Waals surface area contributed by atoms with E-state index in [-0.39, 0.29) is 13.2 Å². The highest BCUT2D eigenvalue weighted by atomic mass is 16.5. The Morgan fingerprint density at radius 2 is 1.83 bits per heavy atom. The highest BCUT2D eigenvalue weighted by molar-refractivity contribution is 5.97. The maximum Gasteiger partial charge on any atom is 0.331 e. The van der Waals surface area contributed by atoms with E-state index in [9.17, 15) is 14.4 Å². The molecule has 132 valence electrons. The maximum absolute atomic E-state index is 12.0. The molecule has 1 aromatic carbocycles. The van der Waals surface area contributed by atoms with E-state index in [2.05, 4.69) is 10.6 Å². The van der Waals surface area contributed by atoms with Crippen molar-refractivity contribution >= 4 is 17.8 Å². The van der Waals surface area contributed by atoms with Gasteiger partial charge in [0.05, 0.1) is 19.8 Å². The van der Waals surface area contributed by atoms with Gasteiger partial charge in [-0.2, -0.15) is 0 Å². The van der Waals surface area contributed by atoms with Gasteiger partial charge in [0.2, 0.25) is 5.91 Å². The van der Waals surface area contributed by atoms with Crippen molar-refractivity contribution in [3.63, 3.8) is 0 Å². The van der Waals surface area contributed by atoms with E-state index < -0.39 is 23.3 Å². The number of carboxylic acids is 1. The van der Waals surface area contributed by atoms with Crippen molar-refractivity contribution in [2.24, 2.45) is 0 Å². The van der Waals surface area contributed by atoms with Gasteiger partial charge in [0.25, 0.3) is 5.91 Å². The first-order chi connectivity index (χ1) is 11.3. The molecule has 0 aliphatic rings. The molecule has 0 spiro atoms. The summed E-state index contributed by atoms with van der Waals surface area (Å²) in [5.41, 5.74) is -1.19. The fourth-order valence-corrected chi connectivity index (χ4v) is 1.92. The van der Waals surface area contributed by atoms with Gasteiger partial charge in [-0.05, 0) is 38.1 Å². The monoisotopic (exact) mass is 338 g/mol. The van der Waals surface area contributed by atoms with E-state index in [0.717, 1.165) is 0 Å². The summed E-state index contributed by atoms with van der Waals surface area (Å²) in [6.07, 6.45) is 0. The van der Waals surface area contributed by atoms with E-state index in [1.807, 2.05) is 6.92 Å². The molecule has 8 nitrogen and oxygen atoms in total. The zero-order valence-electron chi connectivity index (χ0n) is 13.9. The second kappa shape index (κ2) is 8.88. The largest absolute Gasteiger partial charge is 0.494 e. The average molecular weight is 338 g/mol. The first-order valence-electron chi connectivity index (χ1n) is 7.36. The smallest absolute Gasteiger partial charge is 0.331 e. The van der Waals surface area contributed by atoms with E-state index in [0.29, 0.717) is 17.9 Å². The number of aliphatic carboxylic acids is 1. The molecule has 24 heavy (non-hydrogen) atoms. The van der Waals surface area contributed by atoms with Crippen LogP contribution in [0, 0.1) is 0 Å². The molecule has 1 aromatic rings. The Balaban J connectivity index is 2.56. The Bertz CT molecular complexity index is 587. The van der Waals surface area contributed by atoms with E-state index >= 15 is 0 Å². The Labute approximate surface area is 140 Å². The van der Waals surface area contributed by atoms with Crippen molar-refractivity contribution in [2.75, 3.05) is 26.9 Å². The van der Waals surface area contributed by atoms with Gasteiger partial charge in [-0.15, -0.1) is 0 Å². The summed E-state index contributed by atoms with van der Waals surface area (Å²) < 4.78 is 10.1. The normalized spacial score (nSPS) is 12.8. The zero-order chi connectivity index (χ0) is 18.2. The molecular formula is C16H22N2O6. The van der Waals surface area contributed by atoms with E-state index in [1.54, 1.807) is 24.3 Å². The first-order valence-corrected chi connectivity index (χ1v) is 7.36. The van der Waals surface area contributed by atoms with Crippen LogP contribution >= 0.6 is 0 Å². The molecule has 0 saturated heterocycles. The molecule has 0 heterocycles. The number of hydrogen-bond donors (Lipinski definition) is 3. The Kier molecular flexibility index (Phi) is 7.19. The van der Waals surface area contributed by atoms with Crippen molar-refractivity contribution < 1.29 is 29.0 Å². The quantitative estimate of drug-likeness (QED) is 0.601. The molecule has 3 N–H and O–H groups in total. The maximum atomic E-state index is 12.0. The molecule has 8 heteroatoms. The van der Waals surface area contributed by atoms with Crippen LogP contribution in [0.25, 0.3) is 0 Å². The number of rotatable bonds is 9. The minimum atomic E-state index is -1.56. The molecule has 0 aromatic heterocycles. The minimum Gasteiger partial charge on any atom is -0.494 e. The lowest BCUT2D eigenvalue weighted by Gasteiger charge is -2.25. The first kappa shape index (κ1) is 19.4. The lowest BCUT2D eigenvalue weighted by atomic mass is 10.0. The highest BCUT2D eigenvalue weighted by Gasteiger charge is 2.34. The molecule has 0 bridgehead atoms. The second-order valence-corrected chi connectivity index (χ2v) is 5.26. The summed E-state index contributed by atoms with van der Waals surface area (Å²) in [5.74, 6) is -1.66. The summed E-state index contributed by atoms with van der Waals surface area (Å²) in [4.78, 5) is 35.0. The van der Waals surface area contributed by atoms with Gasteiger partial charge in [-0.3, -0.25) is 9.59 Å². The number of carbonyl (C=O) groups is 3. The SMILES string of the molecule is CCOc1ccc(C(=O)NCC(=O)NC(C)(COC)C(=O)O)cc1. The zero-order valence-corrected chi connectivity index (χ0v) is 13.9. The molecule has 0 fully saturated rings. The average Bonchev–Trinajstić information content (AvgIpc) is 2.53. The number of hydrogen-bond acceptors (Lipinski definition) is 5. The second-order valence-electron chi connectivity index (χ2n) is 5.26. The standard InChI is InChI=1S/C16H22N2O6/c1-4-24-12-7-5-11(6-8-12)14(20)17-9-13(19)18-16(2,10-23-3)15(21)22/h5-8H,4,9-10H2,1-3H3,(H,17,20)(H,18,19)(H,21,22). The summed E-state index contributed by atoms with van der Waals surface area (Å²) in [6.45, 7) is 3.16. The summed E-state index contributed by atoms with van der Waals surface area (Å²) in [6, 6.07) is 6.45. The third kappa shape index (κ3) is 5.54. The number of ether oxygens (including phenoxy) is 2. The lowest BCUT2D eigenvalue weighted by molar-refractivity contribution is -0.149. The van der Waals surface area contributed by atoms with E-state index in [4.69, 9.17) is 14.6 Å². The molecule has 0 saturated carbocycles. The van der Waals surface area contributed by atoms with Gasteiger partial charge in [0, 0.05) is 12.7 Å². The van der Waals surface area contributed by atoms with Crippen molar-refractivity contribution in [3.8, 4) is 5.75 Å². The molecule has 0 radical (unpaired) electrons. The van der Waals surface area contributed by atoms with E-state index in [1.165, 1.54) is 14.0 Å². The van der Waals surface area contributed by atoms with Crippen LogP contribution in [0.2, 0.25) is 0 Å². The lowest BCUT2D eigenvalue weighted by Crippen LogP contribution is -2.57. The van der Waals surface area contributed by atoms with Crippen molar-refractivity contribution in [1.29, 1.82) is 0 Å². The third-order valence-corrected chi connectivity index (χ3v) is 3.16. The molecule has 1 rings (SSSR count). The van der Waals surface area contributed by atoms with Gasteiger partial charge in [0.1, 0.15) is 5.75 Å². The molecule has 0 aliphatic heterocycles. The van der Waals surface area contributed by atoms with Crippen LogP contribution in [0.3, 0.4) is 0 Å². The third-order valence-electron chi connectivity index (χ3n) is 3.16. The van der Waals surface area contributed by atoms with Gasteiger partial charge in [0.15, 0.2) is 5.54 Å². The molecule has 1 unspecified atom stereocenters. The van der Waals surface area contributed by atoms with Crippen LogP contribution in [0.15, 0.2) is 24.3 Å². The number of carbonyl (C=O) groups excluding carboxylic acids is 2. The highest BCUT2D eigenvalue weighted by Crippen LogP contribution is 2.11. The molecule has 0 aliphatic carbocycles. The topological polar surface area (TPSA) is 114 Å². The van der Waals surface area contributed by atoms with Gasteiger partial charge >= 0.3 is 5.97 Å². The number of methoxy groups -OCH3 is 1. The van der Waals surface area contributed by atoms with Crippen molar-refractivity contribution in [1.82, 2.24) is 10.6 Å². The Morgan fingerprint density at radius 1 is 1.21 bits per heavy atom. The fourth-order valence-electron chi connectivity index (χ4n) is 1.92. The molecule has 2 amide bonds. The van der Waals surface area contributed by atoms with Gasteiger partial charge < -0.3 is 25.2 Å². The predicted octanol–water partition coefficient (Wildman–Crippen LogP) is 0.421. The number of nitrogens with one attached hydrogen (secondary N) is 2. The molecular weight excluding hydrogens is 316 g/mol. The van der Waals surface area contributed by atoms with Gasteiger partial charge in [-0.1, -0.05) is 0 Å². The van der Waals surface area contributed by atoms with Gasteiger partial charge in [-0.25, -0.2) is 4.79 Å². The Hall–Kier alpha value is -2.61. The van der Waals surface area contributed by atoms with Crippen LogP contribution < -0.4 is 15.4 Å². The van der Waals surface area contributed by atoms with Crippen LogP contribution in [-0.4, -0.2) is 55.3 Å². The minimum absolute atomic E-state index is 0.194. The van der Waals surface area contributed by atoms with Crippen LogP contribution in [-0.2, 0) is 14.3 Å². The fraction of sp³-hybridized carbons (Fsp3) is 0.438. The number of carboxylic acid groups (broad SMARTS) is 1. The predicted molar refractivity (Wildman–Crippen MR) is 86.0 cm³/mol.